The molecule has 164 valence electrons. The summed E-state index contributed by atoms with van der Waals surface area (Å²) in [4.78, 5) is 29.2. The molecule has 0 spiro atoms. The van der Waals surface area contributed by atoms with Crippen molar-refractivity contribution in [2.75, 3.05) is 20.8 Å². The quantitative estimate of drug-likeness (QED) is 0.656. The number of rotatable bonds is 6. The van der Waals surface area contributed by atoms with Gasteiger partial charge in [0.15, 0.2) is 11.5 Å². The Morgan fingerprint density at radius 2 is 1.66 bits per heavy atom. The molecule has 0 bridgehead atoms. The largest absolute Gasteiger partial charge is 0.493 e. The zero-order valence-corrected chi connectivity index (χ0v) is 18.6. The van der Waals surface area contributed by atoms with Crippen LogP contribution >= 0.6 is 0 Å². The van der Waals surface area contributed by atoms with Gasteiger partial charge in [-0.15, -0.1) is 0 Å². The smallest absolute Gasteiger partial charge is 0.273 e. The van der Waals surface area contributed by atoms with Crippen molar-refractivity contribution in [3.63, 3.8) is 0 Å². The van der Waals surface area contributed by atoms with Crippen LogP contribution < -0.4 is 9.47 Å². The predicted octanol–water partition coefficient (Wildman–Crippen LogP) is 3.44. The van der Waals surface area contributed by atoms with Crippen LogP contribution in [-0.2, 0) is 0 Å². The molecule has 1 heterocycles. The van der Waals surface area contributed by atoms with Crippen LogP contribution in [0.2, 0.25) is 0 Å². The molecule has 3 aliphatic rings. The second-order valence-corrected chi connectivity index (χ2v) is 8.39. The molecule has 0 saturated heterocycles. The molecule has 6 nitrogen and oxygen atoms in total. The van der Waals surface area contributed by atoms with Gasteiger partial charge in [0.05, 0.1) is 26.8 Å². The van der Waals surface area contributed by atoms with Crippen molar-refractivity contribution >= 4 is 23.5 Å². The van der Waals surface area contributed by atoms with E-state index in [0.29, 0.717) is 35.2 Å². The summed E-state index contributed by atoms with van der Waals surface area (Å²) >= 11 is 0. The first-order valence-corrected chi connectivity index (χ1v) is 11.1. The molecule has 1 saturated carbocycles. The van der Waals surface area contributed by atoms with E-state index in [1.807, 2.05) is 49.4 Å². The lowest BCUT2D eigenvalue weighted by Crippen LogP contribution is -2.53. The monoisotopic (exact) mass is 431 g/mol. The van der Waals surface area contributed by atoms with Gasteiger partial charge >= 0.3 is 0 Å². The molecule has 0 amide bonds. The minimum atomic E-state index is -0.479. The number of hydrogen-bond donors (Lipinski definition) is 0. The van der Waals surface area contributed by atoms with E-state index >= 15 is 0 Å². The SMILES string of the molecule is CC[N+]1=C(/C=C/c2ccc(OC)c(OC)c2)N(C2CC2)C2C(=O)c3ccccc3C(=O)C21. The van der Waals surface area contributed by atoms with Gasteiger partial charge in [-0.25, -0.2) is 9.48 Å². The lowest BCUT2D eigenvalue weighted by molar-refractivity contribution is -0.538. The Morgan fingerprint density at radius 1 is 0.969 bits per heavy atom. The summed E-state index contributed by atoms with van der Waals surface area (Å²) in [5, 5.41) is 0. The molecule has 2 unspecified atom stereocenters. The molecule has 0 N–H and O–H groups in total. The Labute approximate surface area is 187 Å². The first-order valence-electron chi connectivity index (χ1n) is 11.1. The average Bonchev–Trinajstić information content (AvgIpc) is 3.61. The number of likely N-dealkylation sites (N-methyl/N-ethyl adjacent to an activating group) is 1. The Kier molecular flexibility index (Phi) is 5.08. The van der Waals surface area contributed by atoms with Crippen LogP contribution in [0.1, 0.15) is 46.0 Å². The van der Waals surface area contributed by atoms with Crippen LogP contribution in [0.5, 0.6) is 11.5 Å². The Balaban J connectivity index is 1.57. The number of amidine groups is 1. The second kappa shape index (κ2) is 7.93. The van der Waals surface area contributed by atoms with Crippen molar-refractivity contribution in [3.8, 4) is 11.5 Å². The zero-order chi connectivity index (χ0) is 22.4. The normalized spacial score (nSPS) is 22.4. The minimum absolute atomic E-state index is 0.0345. The van der Waals surface area contributed by atoms with E-state index in [-0.39, 0.29) is 11.6 Å². The van der Waals surface area contributed by atoms with E-state index in [2.05, 4.69) is 9.48 Å². The number of fused-ring (bicyclic) bond motifs is 2. The molecule has 0 aromatic heterocycles. The maximum absolute atomic E-state index is 13.5. The third kappa shape index (κ3) is 3.13. The van der Waals surface area contributed by atoms with Crippen molar-refractivity contribution in [3.05, 3.63) is 65.2 Å². The lowest BCUT2D eigenvalue weighted by atomic mass is 9.82. The lowest BCUT2D eigenvalue weighted by Gasteiger charge is -2.27. The highest BCUT2D eigenvalue weighted by molar-refractivity contribution is 6.20. The van der Waals surface area contributed by atoms with Crippen molar-refractivity contribution in [1.29, 1.82) is 0 Å². The Hall–Kier alpha value is -3.41. The minimum Gasteiger partial charge on any atom is -0.493 e. The maximum Gasteiger partial charge on any atom is 0.273 e. The highest BCUT2D eigenvalue weighted by Gasteiger charge is 2.60. The molecular formula is C26H27N2O4+. The predicted molar refractivity (Wildman–Crippen MR) is 122 cm³/mol. The van der Waals surface area contributed by atoms with Crippen molar-refractivity contribution in [1.82, 2.24) is 4.90 Å². The van der Waals surface area contributed by atoms with E-state index in [0.717, 1.165) is 24.2 Å². The fourth-order valence-electron chi connectivity index (χ4n) is 4.98. The summed E-state index contributed by atoms with van der Waals surface area (Å²) in [6.45, 7) is 2.69. The van der Waals surface area contributed by atoms with Gasteiger partial charge in [-0.05, 0) is 43.5 Å². The standard InChI is InChI=1S/C26H27N2O4/c1-4-27-22(14-10-16-9-13-20(31-2)21(15-16)32-3)28(17-11-12-17)24-23(27)25(29)18-7-5-6-8-19(18)26(24)30/h5-10,13-15,17,23-24H,4,11-12H2,1-3H3/q+1/b14-10+. The number of carbonyl (C=O) groups is 2. The van der Waals surface area contributed by atoms with Gasteiger partial charge in [-0.2, -0.15) is 0 Å². The van der Waals surface area contributed by atoms with Crippen LogP contribution in [0.3, 0.4) is 0 Å². The summed E-state index contributed by atoms with van der Waals surface area (Å²) in [6, 6.07) is 12.3. The first kappa shape index (κ1) is 20.5. The third-order valence-electron chi connectivity index (χ3n) is 6.60. The molecule has 0 radical (unpaired) electrons. The summed E-state index contributed by atoms with van der Waals surface area (Å²) in [6.07, 6.45) is 6.12. The van der Waals surface area contributed by atoms with E-state index in [1.165, 1.54) is 0 Å². The average molecular weight is 432 g/mol. The summed E-state index contributed by atoms with van der Waals surface area (Å²) in [5.41, 5.74) is 2.04. The highest BCUT2D eigenvalue weighted by atomic mass is 16.5. The van der Waals surface area contributed by atoms with Crippen molar-refractivity contribution in [2.45, 2.75) is 37.9 Å². The molecule has 1 aliphatic heterocycles. The molecule has 2 atom stereocenters. The number of hydrogen-bond acceptors (Lipinski definition) is 5. The van der Waals surface area contributed by atoms with Crippen LogP contribution in [0.4, 0.5) is 0 Å². The van der Waals surface area contributed by atoms with Crippen molar-refractivity contribution < 1.29 is 23.6 Å². The first-order chi connectivity index (χ1) is 15.6. The second-order valence-electron chi connectivity index (χ2n) is 8.39. The fraction of sp³-hybridized carbons (Fsp3) is 0.346. The molecule has 1 fully saturated rings. The van der Waals surface area contributed by atoms with Gasteiger partial charge in [-0.3, -0.25) is 9.59 Å². The van der Waals surface area contributed by atoms with Crippen LogP contribution in [-0.4, -0.2) is 65.8 Å². The molecule has 2 aromatic carbocycles. The van der Waals surface area contributed by atoms with Crippen molar-refractivity contribution in [2.24, 2.45) is 0 Å². The molecular weight excluding hydrogens is 404 g/mol. The van der Waals surface area contributed by atoms with Crippen LogP contribution in [0.25, 0.3) is 6.08 Å². The van der Waals surface area contributed by atoms with Gasteiger partial charge in [-0.1, -0.05) is 30.3 Å². The number of ether oxygens (including phenoxy) is 2. The highest BCUT2D eigenvalue weighted by Crippen LogP contribution is 2.39. The van der Waals surface area contributed by atoms with Gasteiger partial charge in [0, 0.05) is 17.2 Å². The zero-order valence-electron chi connectivity index (χ0n) is 18.6. The molecule has 5 rings (SSSR count). The number of methoxy groups -OCH3 is 2. The van der Waals surface area contributed by atoms with Gasteiger partial charge in [0.25, 0.3) is 5.84 Å². The number of benzene rings is 2. The van der Waals surface area contributed by atoms with E-state index in [4.69, 9.17) is 9.47 Å². The van der Waals surface area contributed by atoms with Gasteiger partial charge in [0.2, 0.25) is 23.7 Å². The molecule has 32 heavy (non-hydrogen) atoms. The summed E-state index contributed by atoms with van der Waals surface area (Å²) in [7, 11) is 3.23. The van der Waals surface area contributed by atoms with Gasteiger partial charge < -0.3 is 9.47 Å². The van der Waals surface area contributed by atoms with E-state index in [1.54, 1.807) is 26.4 Å². The Morgan fingerprint density at radius 3 is 2.28 bits per heavy atom. The number of ketones is 2. The molecule has 2 aromatic rings. The molecule has 6 heteroatoms. The van der Waals surface area contributed by atoms with E-state index < -0.39 is 12.1 Å². The maximum atomic E-state index is 13.5. The Bertz CT molecular complexity index is 1160. The van der Waals surface area contributed by atoms with Crippen LogP contribution in [0, 0.1) is 0 Å². The van der Waals surface area contributed by atoms with Gasteiger partial charge in [0.1, 0.15) is 0 Å². The summed E-state index contributed by atoms with van der Waals surface area (Å²) < 4.78 is 12.9. The number of Topliss-reactive ketones (excluding diaryl/α,β-unsaturated/α-hetero) is 2. The number of nitrogens with zero attached hydrogens (tertiary/aromatic N) is 2. The summed E-state index contributed by atoms with van der Waals surface area (Å²) in [5.74, 6) is 2.35. The third-order valence-corrected chi connectivity index (χ3v) is 6.60. The fourth-order valence-corrected chi connectivity index (χ4v) is 4.98. The molecule has 2 aliphatic carbocycles. The van der Waals surface area contributed by atoms with E-state index in [9.17, 15) is 9.59 Å². The topological polar surface area (TPSA) is 58.9 Å². The number of carbonyl (C=O) groups excluding carboxylic acids is 2. The van der Waals surface area contributed by atoms with Crippen LogP contribution in [0.15, 0.2) is 48.5 Å².